The van der Waals surface area contributed by atoms with Gasteiger partial charge in [-0.2, -0.15) is 0 Å². The lowest BCUT2D eigenvalue weighted by molar-refractivity contribution is -0.141. The predicted octanol–water partition coefficient (Wildman–Crippen LogP) is 1.10. The number of carbonyl (C=O) groups is 2. The fourth-order valence-corrected chi connectivity index (χ4v) is 2.03. The van der Waals surface area contributed by atoms with Gasteiger partial charge in [0, 0.05) is 19.3 Å². The maximum absolute atomic E-state index is 12.1. The number of hydrogen-bond acceptors (Lipinski definition) is 4. The summed E-state index contributed by atoms with van der Waals surface area (Å²) >= 11 is 0. The minimum absolute atomic E-state index is 0.101. The quantitative estimate of drug-likeness (QED) is 0.864. The zero-order chi connectivity index (χ0) is 14.5. The molecule has 1 aromatic rings. The van der Waals surface area contributed by atoms with Crippen molar-refractivity contribution in [3.8, 4) is 0 Å². The van der Waals surface area contributed by atoms with Crippen molar-refractivity contribution in [2.45, 2.75) is 19.4 Å². The molecule has 1 aliphatic rings. The van der Waals surface area contributed by atoms with Gasteiger partial charge >= 0.3 is 12.0 Å². The molecule has 2 heterocycles. The summed E-state index contributed by atoms with van der Waals surface area (Å²) < 4.78 is 5.33. The number of nitrogens with one attached hydrogen (secondary N) is 1. The van der Waals surface area contributed by atoms with E-state index < -0.39 is 12.1 Å². The summed E-state index contributed by atoms with van der Waals surface area (Å²) in [4.78, 5) is 28.5. The van der Waals surface area contributed by atoms with Crippen LogP contribution in [-0.2, 0) is 9.53 Å². The second kappa shape index (κ2) is 6.33. The summed E-state index contributed by atoms with van der Waals surface area (Å²) in [6.07, 6.45) is 1.10. The summed E-state index contributed by atoms with van der Waals surface area (Å²) in [7, 11) is 0. The molecule has 0 spiro atoms. The van der Waals surface area contributed by atoms with E-state index in [0.717, 1.165) is 5.69 Å². The molecule has 0 saturated carbocycles. The van der Waals surface area contributed by atoms with Crippen molar-refractivity contribution < 1.29 is 19.4 Å². The molecule has 1 fully saturated rings. The highest BCUT2D eigenvalue weighted by atomic mass is 16.5. The number of urea groups is 1. The van der Waals surface area contributed by atoms with Crippen molar-refractivity contribution >= 4 is 17.7 Å². The van der Waals surface area contributed by atoms with Gasteiger partial charge in [0.15, 0.2) is 0 Å². The molecular weight excluding hydrogens is 262 g/mol. The SMILES string of the molecule is Cc1ncccc1NC(=O)N1CCOC(CC(=O)O)C1. The Kier molecular flexibility index (Phi) is 4.52. The summed E-state index contributed by atoms with van der Waals surface area (Å²) in [5, 5.41) is 11.5. The van der Waals surface area contributed by atoms with Gasteiger partial charge in [-0.1, -0.05) is 0 Å². The van der Waals surface area contributed by atoms with Gasteiger partial charge in [0.1, 0.15) is 0 Å². The van der Waals surface area contributed by atoms with E-state index in [0.29, 0.717) is 18.8 Å². The second-order valence-corrected chi connectivity index (χ2v) is 4.60. The average Bonchev–Trinajstić information content (AvgIpc) is 2.41. The first-order chi connectivity index (χ1) is 9.56. The Morgan fingerprint density at radius 1 is 1.60 bits per heavy atom. The van der Waals surface area contributed by atoms with Crippen LogP contribution in [0.4, 0.5) is 10.5 Å². The number of pyridine rings is 1. The minimum Gasteiger partial charge on any atom is -0.481 e. The van der Waals surface area contributed by atoms with Crippen LogP contribution in [0.3, 0.4) is 0 Å². The van der Waals surface area contributed by atoms with Crippen LogP contribution in [0.5, 0.6) is 0 Å². The smallest absolute Gasteiger partial charge is 0.322 e. The monoisotopic (exact) mass is 279 g/mol. The van der Waals surface area contributed by atoms with Crippen molar-refractivity contribution in [3.63, 3.8) is 0 Å². The van der Waals surface area contributed by atoms with E-state index in [1.54, 1.807) is 23.2 Å². The molecule has 1 atom stereocenters. The predicted molar refractivity (Wildman–Crippen MR) is 71.6 cm³/mol. The Morgan fingerprint density at radius 3 is 3.10 bits per heavy atom. The van der Waals surface area contributed by atoms with Crippen LogP contribution in [0, 0.1) is 6.92 Å². The Labute approximate surface area is 116 Å². The number of aliphatic carboxylic acids is 1. The largest absolute Gasteiger partial charge is 0.481 e. The van der Waals surface area contributed by atoms with Crippen LogP contribution < -0.4 is 5.32 Å². The Hall–Kier alpha value is -2.15. The molecule has 1 aromatic heterocycles. The number of anilines is 1. The number of aryl methyl sites for hydroxylation is 1. The highest BCUT2D eigenvalue weighted by Crippen LogP contribution is 2.14. The van der Waals surface area contributed by atoms with E-state index in [2.05, 4.69) is 10.3 Å². The standard InChI is InChI=1S/C13H17N3O4/c1-9-11(3-2-4-14-9)15-13(19)16-5-6-20-10(8-16)7-12(17)18/h2-4,10H,5-8H2,1H3,(H,15,19)(H,17,18). The van der Waals surface area contributed by atoms with Gasteiger partial charge in [0.05, 0.1) is 30.5 Å². The lowest BCUT2D eigenvalue weighted by Gasteiger charge is -2.32. The Balaban J connectivity index is 1.95. The van der Waals surface area contributed by atoms with Gasteiger partial charge in [-0.25, -0.2) is 4.79 Å². The summed E-state index contributed by atoms with van der Waals surface area (Å²) in [5.74, 6) is -0.930. The minimum atomic E-state index is -0.930. The maximum atomic E-state index is 12.1. The molecule has 20 heavy (non-hydrogen) atoms. The lowest BCUT2D eigenvalue weighted by atomic mass is 10.2. The van der Waals surface area contributed by atoms with Crippen LogP contribution in [0.15, 0.2) is 18.3 Å². The zero-order valence-corrected chi connectivity index (χ0v) is 11.2. The van der Waals surface area contributed by atoms with Crippen LogP contribution in [0.1, 0.15) is 12.1 Å². The molecule has 1 aliphatic heterocycles. The normalized spacial score (nSPS) is 18.6. The van der Waals surface area contributed by atoms with Crippen LogP contribution in [0.25, 0.3) is 0 Å². The molecule has 1 saturated heterocycles. The second-order valence-electron chi connectivity index (χ2n) is 4.60. The molecule has 0 aromatic carbocycles. The first-order valence-corrected chi connectivity index (χ1v) is 6.37. The van der Waals surface area contributed by atoms with Gasteiger partial charge in [-0.15, -0.1) is 0 Å². The maximum Gasteiger partial charge on any atom is 0.322 e. The third kappa shape index (κ3) is 3.67. The number of carboxylic acid groups (broad SMARTS) is 1. The first-order valence-electron chi connectivity index (χ1n) is 6.37. The molecule has 2 rings (SSSR count). The average molecular weight is 279 g/mol. The molecule has 0 bridgehead atoms. The van der Waals surface area contributed by atoms with Crippen molar-refractivity contribution in [2.75, 3.05) is 25.0 Å². The van der Waals surface area contributed by atoms with E-state index in [-0.39, 0.29) is 19.0 Å². The highest BCUT2D eigenvalue weighted by Gasteiger charge is 2.26. The van der Waals surface area contributed by atoms with Gasteiger partial charge in [0.2, 0.25) is 0 Å². The van der Waals surface area contributed by atoms with Gasteiger partial charge < -0.3 is 20.1 Å². The topological polar surface area (TPSA) is 91.8 Å². The number of carboxylic acids is 1. The number of nitrogens with zero attached hydrogens (tertiary/aromatic N) is 2. The van der Waals surface area contributed by atoms with Gasteiger partial charge in [0.25, 0.3) is 0 Å². The van der Waals surface area contributed by atoms with Crippen molar-refractivity contribution in [2.24, 2.45) is 0 Å². The molecule has 0 radical (unpaired) electrons. The molecule has 7 heteroatoms. The molecule has 7 nitrogen and oxygen atoms in total. The number of aromatic nitrogens is 1. The highest BCUT2D eigenvalue weighted by molar-refractivity contribution is 5.89. The van der Waals surface area contributed by atoms with Crippen LogP contribution in [0.2, 0.25) is 0 Å². The van der Waals surface area contributed by atoms with Crippen molar-refractivity contribution in [3.05, 3.63) is 24.0 Å². The fraction of sp³-hybridized carbons (Fsp3) is 0.462. The third-order valence-electron chi connectivity index (χ3n) is 3.08. The lowest BCUT2D eigenvalue weighted by Crippen LogP contribution is -2.48. The van der Waals surface area contributed by atoms with Crippen LogP contribution in [-0.4, -0.2) is 52.8 Å². The number of rotatable bonds is 3. The fourth-order valence-electron chi connectivity index (χ4n) is 2.03. The molecule has 2 amide bonds. The van der Waals surface area contributed by atoms with Crippen molar-refractivity contribution in [1.82, 2.24) is 9.88 Å². The van der Waals surface area contributed by atoms with E-state index >= 15 is 0 Å². The third-order valence-corrected chi connectivity index (χ3v) is 3.08. The molecule has 0 aliphatic carbocycles. The molecular formula is C13H17N3O4. The number of hydrogen-bond donors (Lipinski definition) is 2. The number of ether oxygens (including phenoxy) is 1. The molecule has 2 N–H and O–H groups in total. The van der Waals surface area contributed by atoms with Gasteiger partial charge in [-0.05, 0) is 19.1 Å². The van der Waals surface area contributed by atoms with E-state index in [1.807, 2.05) is 6.92 Å². The van der Waals surface area contributed by atoms with E-state index in [9.17, 15) is 9.59 Å². The van der Waals surface area contributed by atoms with Crippen molar-refractivity contribution in [1.29, 1.82) is 0 Å². The van der Waals surface area contributed by atoms with Crippen LogP contribution >= 0.6 is 0 Å². The number of morpholine rings is 1. The van der Waals surface area contributed by atoms with Gasteiger partial charge in [-0.3, -0.25) is 9.78 Å². The number of amides is 2. The summed E-state index contributed by atoms with van der Waals surface area (Å²) in [5.41, 5.74) is 1.38. The molecule has 108 valence electrons. The van der Waals surface area contributed by atoms with E-state index in [4.69, 9.17) is 9.84 Å². The van der Waals surface area contributed by atoms with E-state index in [1.165, 1.54) is 0 Å². The number of carbonyl (C=O) groups excluding carboxylic acids is 1. The Morgan fingerprint density at radius 2 is 2.40 bits per heavy atom. The first kappa shape index (κ1) is 14.3. The Bertz CT molecular complexity index is 506. The summed E-state index contributed by atoms with van der Waals surface area (Å²) in [6.45, 7) is 2.87. The molecule has 1 unspecified atom stereocenters. The zero-order valence-electron chi connectivity index (χ0n) is 11.2. The summed E-state index contributed by atoms with van der Waals surface area (Å²) in [6, 6.07) is 3.25.